The molecule has 0 bridgehead atoms. The summed E-state index contributed by atoms with van der Waals surface area (Å²) in [7, 11) is 13.4. The maximum atomic E-state index is 5.98. The van der Waals surface area contributed by atoms with Gasteiger partial charge in [-0.15, -0.1) is 69.1 Å². The van der Waals surface area contributed by atoms with Gasteiger partial charge in [-0.2, -0.15) is 12.1 Å². The number of hydrogen-bond acceptors (Lipinski definition) is 1. The molecule has 6 rings (SSSR count). The normalized spacial score (nSPS) is 11.5. The monoisotopic (exact) mass is 881 g/mol. The van der Waals surface area contributed by atoms with Crippen molar-refractivity contribution in [2.75, 3.05) is 0 Å². The molecule has 7 heteroatoms. The van der Waals surface area contributed by atoms with Crippen LogP contribution in [0.15, 0.2) is 109 Å². The molecule has 6 aromatic carbocycles. The molecule has 0 amide bonds. The fraction of sp³-hybridized carbons (Fsp3) is 0.375. The number of rotatable bonds is 10. The van der Waals surface area contributed by atoms with Crippen LogP contribution in [-0.4, -0.2) is 28.6 Å². The molecule has 290 valence electrons. The minimum atomic E-state index is -1.22. The average Bonchev–Trinajstić information content (AvgIpc) is 3.75. The van der Waals surface area contributed by atoms with Crippen molar-refractivity contribution in [2.45, 2.75) is 118 Å². The standard InChI is InChI=1S/2C21H23.C6H18BNSi2.2ClH.Zr/c2*1-4-8-16-13-17-9-7-12-20(21(17)14-16)19-11-6-5-10-18(19)15(2)3;1-9(2,3)8(7)10(4,5)6;;;/h2*5-7,9-15H,4,8H2,1-3H3;1-6H3;2*1H;/q2*-1;;;;+4/p-2. The third-order valence-electron chi connectivity index (χ3n) is 9.89. The van der Waals surface area contributed by atoms with Gasteiger partial charge in [0.25, 0.3) is 0 Å². The molecule has 2 radical (unpaired) electrons. The average molecular weight is 884 g/mol. The van der Waals surface area contributed by atoms with Gasteiger partial charge in [-0.25, -0.2) is 0 Å². The first-order chi connectivity index (χ1) is 26.0. The predicted molar refractivity (Wildman–Crippen MR) is 252 cm³/mol. The summed E-state index contributed by atoms with van der Waals surface area (Å²) in [6.07, 6.45) is 4.74. The van der Waals surface area contributed by atoms with E-state index in [0.717, 1.165) is 0 Å². The van der Waals surface area contributed by atoms with E-state index < -0.39 is 37.3 Å². The Morgan fingerprint density at radius 1 is 0.564 bits per heavy atom. The molecular weight excluding hydrogens is 820 g/mol. The van der Waals surface area contributed by atoms with Crippen LogP contribution in [0.25, 0.3) is 43.8 Å². The molecule has 0 saturated carbocycles. The number of aryl methyl sites for hydroxylation is 2. The van der Waals surface area contributed by atoms with E-state index in [0.29, 0.717) is 11.8 Å². The van der Waals surface area contributed by atoms with Crippen molar-refractivity contribution in [1.29, 1.82) is 0 Å². The fourth-order valence-electron chi connectivity index (χ4n) is 7.43. The second-order valence-electron chi connectivity index (χ2n) is 17.1. The molecule has 0 heterocycles. The first-order valence-corrected chi connectivity index (χ1v) is 33.3. The van der Waals surface area contributed by atoms with Crippen LogP contribution in [0.5, 0.6) is 0 Å². The van der Waals surface area contributed by atoms with Crippen LogP contribution >= 0.6 is 17.0 Å². The summed E-state index contributed by atoms with van der Waals surface area (Å²) in [5, 5.41) is 5.53. The molecule has 55 heavy (non-hydrogen) atoms. The van der Waals surface area contributed by atoms with E-state index in [1.165, 1.54) is 91.7 Å². The van der Waals surface area contributed by atoms with Crippen LogP contribution in [0, 0.1) is 0 Å². The van der Waals surface area contributed by atoms with Crippen LogP contribution in [0.4, 0.5) is 0 Å². The summed E-state index contributed by atoms with van der Waals surface area (Å²) >= 11 is -0.826. The third kappa shape index (κ3) is 13.5. The maximum absolute atomic E-state index is 5.98. The van der Waals surface area contributed by atoms with Gasteiger partial charge in [0.15, 0.2) is 7.98 Å². The van der Waals surface area contributed by atoms with Crippen molar-refractivity contribution in [3.05, 3.63) is 131 Å². The number of nitrogens with zero attached hydrogens (tertiary/aromatic N) is 1. The molecule has 0 saturated heterocycles. The van der Waals surface area contributed by atoms with Gasteiger partial charge in [0.05, 0.1) is 0 Å². The summed E-state index contributed by atoms with van der Waals surface area (Å²) in [5.41, 5.74) is 11.3. The van der Waals surface area contributed by atoms with Crippen molar-refractivity contribution >= 4 is 63.0 Å². The molecule has 0 spiro atoms. The van der Waals surface area contributed by atoms with Crippen molar-refractivity contribution in [1.82, 2.24) is 4.14 Å². The second kappa shape index (κ2) is 22.2. The zero-order valence-electron chi connectivity index (χ0n) is 35.7. The zero-order chi connectivity index (χ0) is 40.9. The molecule has 0 aliphatic rings. The molecule has 0 aliphatic carbocycles. The van der Waals surface area contributed by atoms with Crippen LogP contribution < -0.4 is 0 Å². The van der Waals surface area contributed by atoms with E-state index in [1.807, 2.05) is 0 Å². The van der Waals surface area contributed by atoms with Gasteiger partial charge in [-0.05, 0) is 46.9 Å². The van der Waals surface area contributed by atoms with Crippen LogP contribution in [0.1, 0.15) is 88.5 Å². The van der Waals surface area contributed by atoms with Crippen LogP contribution in [0.3, 0.4) is 0 Å². The minimum absolute atomic E-state index is 0.543. The Morgan fingerprint density at radius 3 is 1.18 bits per heavy atom. The number of hydrogen-bond donors (Lipinski definition) is 0. The Kier molecular flexibility index (Phi) is 19.2. The predicted octanol–water partition coefficient (Wildman–Crippen LogP) is 16.0. The van der Waals surface area contributed by atoms with Gasteiger partial charge in [0.2, 0.25) is 0 Å². The fourth-order valence-corrected chi connectivity index (χ4v) is 15.5. The number of fused-ring (bicyclic) bond motifs is 2. The third-order valence-corrected chi connectivity index (χ3v) is 16.8. The van der Waals surface area contributed by atoms with E-state index in [2.05, 4.69) is 194 Å². The van der Waals surface area contributed by atoms with Gasteiger partial charge in [0, 0.05) is 0 Å². The van der Waals surface area contributed by atoms with E-state index in [1.54, 1.807) is 0 Å². The molecule has 0 aliphatic heterocycles. The molecule has 0 N–H and O–H groups in total. The zero-order valence-corrected chi connectivity index (χ0v) is 41.6. The number of halogens is 2. The Hall–Kier alpha value is -1.98. The van der Waals surface area contributed by atoms with Crippen molar-refractivity contribution in [3.63, 3.8) is 0 Å². The first kappa shape index (κ1) is 47.4. The topological polar surface area (TPSA) is 3.24 Å². The molecule has 0 unspecified atom stereocenters. The summed E-state index contributed by atoms with van der Waals surface area (Å²) in [6, 6.07) is 40.4. The van der Waals surface area contributed by atoms with Crippen LogP contribution in [-0.2, 0) is 33.7 Å². The van der Waals surface area contributed by atoms with Gasteiger partial charge < -0.3 is 4.14 Å². The Balaban J connectivity index is 0.000000227. The molecule has 0 aromatic heterocycles. The summed E-state index contributed by atoms with van der Waals surface area (Å²) < 4.78 is 2.15. The van der Waals surface area contributed by atoms with Crippen molar-refractivity contribution < 1.29 is 20.8 Å². The molecule has 0 fully saturated rings. The molecule has 0 atom stereocenters. The van der Waals surface area contributed by atoms with E-state index in [4.69, 9.17) is 25.0 Å². The summed E-state index contributed by atoms with van der Waals surface area (Å²) in [4.78, 5) is 0. The van der Waals surface area contributed by atoms with Gasteiger partial charge in [-0.1, -0.05) is 165 Å². The molecule has 1 nitrogen and oxygen atoms in total. The molecular formula is C48H64BCl2NSi2Zr. The van der Waals surface area contributed by atoms with Crippen LogP contribution in [0.2, 0.25) is 39.3 Å². The van der Waals surface area contributed by atoms with Crippen molar-refractivity contribution in [3.8, 4) is 22.3 Å². The Morgan fingerprint density at radius 2 is 0.891 bits per heavy atom. The SMILES string of the molecule is CCCc1cc2c(-c3ccccc3C(C)C)cccc2[cH-]1.CCCc1cc2c(-c3ccccc3C(C)C)cccc2[cH-]1.[B]N([Si](C)(C)C)[Si](C)(C)C.[Cl][Zr+2][Cl]. The van der Waals surface area contributed by atoms with Gasteiger partial charge in [-0.3, -0.25) is 0 Å². The van der Waals surface area contributed by atoms with E-state index >= 15 is 0 Å². The molecule has 6 aromatic rings. The Labute approximate surface area is 357 Å². The second-order valence-corrected chi connectivity index (χ2v) is 30.9. The summed E-state index contributed by atoms with van der Waals surface area (Å²) in [5.74, 6) is 1.09. The number of benzene rings is 4. The van der Waals surface area contributed by atoms with E-state index in [-0.39, 0.29) is 0 Å². The van der Waals surface area contributed by atoms with Crippen molar-refractivity contribution in [2.24, 2.45) is 0 Å². The van der Waals surface area contributed by atoms with E-state index in [9.17, 15) is 0 Å². The van der Waals surface area contributed by atoms with Gasteiger partial charge in [0.1, 0.15) is 16.5 Å². The summed E-state index contributed by atoms with van der Waals surface area (Å²) in [6.45, 7) is 27.3. The first-order valence-electron chi connectivity index (χ1n) is 20.0. The Bertz CT molecular complexity index is 1910. The quantitative estimate of drug-likeness (QED) is 0.0979. The van der Waals surface area contributed by atoms with Gasteiger partial charge >= 0.3 is 37.9 Å².